The maximum absolute atomic E-state index is 12.6. The van der Waals surface area contributed by atoms with Crippen LogP contribution in [0.15, 0.2) is 51.7 Å². The quantitative estimate of drug-likeness (QED) is 0.519. The van der Waals surface area contributed by atoms with E-state index in [1.165, 1.54) is 22.7 Å². The molecule has 0 aliphatic rings. The molecule has 0 N–H and O–H groups in total. The van der Waals surface area contributed by atoms with Crippen LogP contribution in [0.2, 0.25) is 0 Å². The minimum atomic E-state index is -0.379. The Morgan fingerprint density at radius 3 is 2.68 bits per heavy atom. The van der Waals surface area contributed by atoms with Gasteiger partial charge in [-0.25, -0.2) is 9.78 Å². The maximum atomic E-state index is 12.6. The fourth-order valence-electron chi connectivity index (χ4n) is 2.79. The van der Waals surface area contributed by atoms with Gasteiger partial charge in [-0.3, -0.25) is 13.9 Å². The Kier molecular flexibility index (Phi) is 4.67. The molecule has 2 heterocycles. The lowest BCUT2D eigenvalue weighted by molar-refractivity contribution is 0.700. The van der Waals surface area contributed by atoms with E-state index in [0.717, 1.165) is 10.3 Å². The van der Waals surface area contributed by atoms with Crippen molar-refractivity contribution in [2.24, 2.45) is 14.1 Å². The molecule has 0 saturated carbocycles. The molecule has 0 spiro atoms. The number of thioether (sulfide) groups is 1. The highest BCUT2D eigenvalue weighted by molar-refractivity contribution is 7.98. The average Bonchev–Trinajstić information content (AvgIpc) is 2.95. The summed E-state index contributed by atoms with van der Waals surface area (Å²) >= 11 is 1.54. The molecule has 2 aromatic heterocycles. The van der Waals surface area contributed by atoms with Crippen LogP contribution in [0.25, 0.3) is 11.2 Å². The predicted octanol–water partition coefficient (Wildman–Crippen LogP) is 2.22. The van der Waals surface area contributed by atoms with Gasteiger partial charge in [-0.05, 0) is 12.5 Å². The van der Waals surface area contributed by atoms with Crippen LogP contribution in [0, 0.1) is 6.92 Å². The van der Waals surface area contributed by atoms with Crippen LogP contribution >= 0.6 is 11.8 Å². The second kappa shape index (κ2) is 6.76. The molecule has 0 aliphatic carbocycles. The van der Waals surface area contributed by atoms with Gasteiger partial charge in [0.15, 0.2) is 16.3 Å². The summed E-state index contributed by atoms with van der Waals surface area (Å²) in [5.74, 6) is 0.733. The van der Waals surface area contributed by atoms with Crippen molar-refractivity contribution in [3.63, 3.8) is 0 Å². The summed E-state index contributed by atoms with van der Waals surface area (Å²) < 4.78 is 4.34. The third-order valence-electron chi connectivity index (χ3n) is 4.08. The van der Waals surface area contributed by atoms with Gasteiger partial charge in [0, 0.05) is 26.4 Å². The van der Waals surface area contributed by atoms with E-state index in [0.29, 0.717) is 22.9 Å². The van der Waals surface area contributed by atoms with Crippen molar-refractivity contribution in [1.29, 1.82) is 0 Å². The van der Waals surface area contributed by atoms with Gasteiger partial charge < -0.3 is 4.57 Å². The number of aryl methyl sites for hydroxylation is 2. The number of allylic oxidation sites excluding steroid dienone is 1. The fraction of sp³-hybridized carbons (Fsp3) is 0.278. The minimum absolute atomic E-state index is 0.338. The summed E-state index contributed by atoms with van der Waals surface area (Å²) in [5, 5.41) is 0.703. The Morgan fingerprint density at radius 2 is 2.00 bits per heavy atom. The molecule has 0 bridgehead atoms. The van der Waals surface area contributed by atoms with E-state index in [2.05, 4.69) is 36.7 Å². The van der Waals surface area contributed by atoms with E-state index in [1.807, 2.05) is 10.6 Å². The second-order valence-corrected chi connectivity index (χ2v) is 6.89. The zero-order valence-electron chi connectivity index (χ0n) is 14.5. The first-order chi connectivity index (χ1) is 11.9. The fourth-order valence-corrected chi connectivity index (χ4v) is 3.73. The molecule has 0 saturated heterocycles. The molecule has 7 heteroatoms. The molecule has 1 aromatic carbocycles. The summed E-state index contributed by atoms with van der Waals surface area (Å²) in [4.78, 5) is 29.3. The van der Waals surface area contributed by atoms with Crippen LogP contribution in [0.3, 0.4) is 0 Å². The van der Waals surface area contributed by atoms with Crippen molar-refractivity contribution >= 4 is 22.9 Å². The zero-order valence-corrected chi connectivity index (χ0v) is 15.3. The SMILES string of the molecule is C=CCn1c(SCc2cccc(C)c2)nc2c1c(=O)n(C)c(=O)n2C. The Labute approximate surface area is 149 Å². The Bertz CT molecular complexity index is 1080. The van der Waals surface area contributed by atoms with Crippen molar-refractivity contribution < 1.29 is 0 Å². The third kappa shape index (κ3) is 3.07. The van der Waals surface area contributed by atoms with Crippen LogP contribution in [-0.4, -0.2) is 18.7 Å². The van der Waals surface area contributed by atoms with Crippen LogP contribution < -0.4 is 11.2 Å². The van der Waals surface area contributed by atoms with Crippen molar-refractivity contribution in [3.05, 3.63) is 68.9 Å². The number of hydrogen-bond acceptors (Lipinski definition) is 4. The number of imidazole rings is 1. The highest BCUT2D eigenvalue weighted by Crippen LogP contribution is 2.25. The Morgan fingerprint density at radius 1 is 1.24 bits per heavy atom. The summed E-state index contributed by atoms with van der Waals surface area (Å²) in [6, 6.07) is 8.27. The van der Waals surface area contributed by atoms with Crippen molar-refractivity contribution in [1.82, 2.24) is 18.7 Å². The van der Waals surface area contributed by atoms with Gasteiger partial charge in [0.25, 0.3) is 5.56 Å². The van der Waals surface area contributed by atoms with Crippen molar-refractivity contribution in [3.8, 4) is 0 Å². The molecule has 0 atom stereocenters. The molecule has 0 amide bonds. The average molecular weight is 356 g/mol. The van der Waals surface area contributed by atoms with E-state index in [9.17, 15) is 9.59 Å². The van der Waals surface area contributed by atoms with Gasteiger partial charge in [-0.2, -0.15) is 0 Å². The normalized spacial score (nSPS) is 11.2. The Balaban J connectivity index is 2.11. The number of rotatable bonds is 5. The lowest BCUT2D eigenvalue weighted by Crippen LogP contribution is -2.37. The molecule has 25 heavy (non-hydrogen) atoms. The summed E-state index contributed by atoms with van der Waals surface area (Å²) in [5.41, 5.74) is 2.50. The largest absolute Gasteiger partial charge is 0.332 e. The molecule has 6 nitrogen and oxygen atoms in total. The smallest absolute Gasteiger partial charge is 0.309 e. The van der Waals surface area contributed by atoms with Gasteiger partial charge in [0.05, 0.1) is 0 Å². The van der Waals surface area contributed by atoms with Gasteiger partial charge in [-0.1, -0.05) is 47.7 Å². The molecular weight excluding hydrogens is 336 g/mol. The first-order valence-corrected chi connectivity index (χ1v) is 8.88. The van der Waals surface area contributed by atoms with Crippen LogP contribution in [0.1, 0.15) is 11.1 Å². The van der Waals surface area contributed by atoms with E-state index >= 15 is 0 Å². The number of nitrogens with zero attached hydrogens (tertiary/aromatic N) is 4. The molecule has 3 rings (SSSR count). The molecule has 0 unspecified atom stereocenters. The first-order valence-electron chi connectivity index (χ1n) is 7.89. The van der Waals surface area contributed by atoms with Gasteiger partial charge in [0.1, 0.15) is 0 Å². The molecule has 0 radical (unpaired) electrons. The third-order valence-corrected chi connectivity index (χ3v) is 5.12. The second-order valence-electron chi connectivity index (χ2n) is 5.95. The monoisotopic (exact) mass is 356 g/mol. The summed E-state index contributed by atoms with van der Waals surface area (Å²) in [7, 11) is 3.11. The molecule has 0 aliphatic heterocycles. The first kappa shape index (κ1) is 17.3. The predicted molar refractivity (Wildman–Crippen MR) is 101 cm³/mol. The van der Waals surface area contributed by atoms with E-state index in [-0.39, 0.29) is 11.2 Å². The standard InChI is InChI=1S/C18H20N4O2S/c1-5-9-22-14-15(20(3)18(24)21(4)16(14)23)19-17(22)25-11-13-8-6-7-12(2)10-13/h5-8,10H,1,9,11H2,2-4H3. The van der Waals surface area contributed by atoms with Crippen LogP contribution in [0.5, 0.6) is 0 Å². The van der Waals surface area contributed by atoms with Gasteiger partial charge in [0.2, 0.25) is 0 Å². The van der Waals surface area contributed by atoms with E-state index in [4.69, 9.17) is 0 Å². The van der Waals surface area contributed by atoms with Gasteiger partial charge >= 0.3 is 5.69 Å². The van der Waals surface area contributed by atoms with Gasteiger partial charge in [-0.15, -0.1) is 6.58 Å². The molecule has 3 aromatic rings. The minimum Gasteiger partial charge on any atom is -0.309 e. The topological polar surface area (TPSA) is 61.8 Å². The van der Waals surface area contributed by atoms with Crippen LogP contribution in [-0.2, 0) is 26.4 Å². The highest BCUT2D eigenvalue weighted by Gasteiger charge is 2.18. The number of fused-ring (bicyclic) bond motifs is 1. The van der Waals surface area contributed by atoms with E-state index < -0.39 is 0 Å². The van der Waals surface area contributed by atoms with Crippen molar-refractivity contribution in [2.75, 3.05) is 0 Å². The number of benzene rings is 1. The highest BCUT2D eigenvalue weighted by atomic mass is 32.2. The number of hydrogen-bond donors (Lipinski definition) is 0. The van der Waals surface area contributed by atoms with Crippen LogP contribution in [0.4, 0.5) is 0 Å². The maximum Gasteiger partial charge on any atom is 0.332 e. The zero-order chi connectivity index (χ0) is 18.1. The number of aromatic nitrogens is 4. The summed E-state index contributed by atoms with van der Waals surface area (Å²) in [6.07, 6.45) is 1.72. The summed E-state index contributed by atoms with van der Waals surface area (Å²) in [6.45, 7) is 6.28. The molecule has 130 valence electrons. The molecule has 0 fully saturated rings. The Hall–Kier alpha value is -2.54. The lowest BCUT2D eigenvalue weighted by atomic mass is 10.2. The molecular formula is C18H20N4O2S. The lowest BCUT2D eigenvalue weighted by Gasteiger charge is -2.07. The van der Waals surface area contributed by atoms with E-state index in [1.54, 1.807) is 24.9 Å². The van der Waals surface area contributed by atoms with Crippen molar-refractivity contribution in [2.45, 2.75) is 24.4 Å².